The van der Waals surface area contributed by atoms with Gasteiger partial charge in [-0.3, -0.25) is 4.98 Å². The van der Waals surface area contributed by atoms with Crippen molar-refractivity contribution >= 4 is 45.1 Å². The number of rotatable bonds is 3. The Labute approximate surface area is 176 Å². The summed E-state index contributed by atoms with van der Waals surface area (Å²) in [6, 6.07) is 6.69. The first-order chi connectivity index (χ1) is 13.4. The van der Waals surface area contributed by atoms with Gasteiger partial charge >= 0.3 is 7.12 Å². The molecule has 0 saturated carbocycles. The second-order valence-corrected chi connectivity index (χ2v) is 10.5. The van der Waals surface area contributed by atoms with Gasteiger partial charge in [-0.25, -0.2) is 12.4 Å². The molecule has 2 aromatic heterocycles. The first-order valence-electron chi connectivity index (χ1n) is 9.26. The highest BCUT2D eigenvalue weighted by Crippen LogP contribution is 2.38. The Morgan fingerprint density at radius 2 is 1.62 bits per heavy atom. The summed E-state index contributed by atoms with van der Waals surface area (Å²) >= 11 is 6.38. The van der Waals surface area contributed by atoms with Gasteiger partial charge in [0, 0.05) is 29.4 Å². The number of pyridine rings is 1. The molecule has 1 aliphatic heterocycles. The predicted molar refractivity (Wildman–Crippen MR) is 114 cm³/mol. The van der Waals surface area contributed by atoms with Crippen LogP contribution in [-0.2, 0) is 19.3 Å². The molecule has 0 bridgehead atoms. The van der Waals surface area contributed by atoms with E-state index in [1.54, 1.807) is 30.5 Å². The van der Waals surface area contributed by atoms with Crippen LogP contribution in [0.2, 0.25) is 5.02 Å². The first kappa shape index (κ1) is 20.4. The first-order valence-corrected chi connectivity index (χ1v) is 11.1. The molecule has 0 N–H and O–H groups in total. The van der Waals surface area contributed by atoms with Gasteiger partial charge < -0.3 is 9.31 Å². The van der Waals surface area contributed by atoms with Gasteiger partial charge in [0.2, 0.25) is 0 Å². The molecule has 29 heavy (non-hydrogen) atoms. The third kappa shape index (κ3) is 3.19. The van der Waals surface area contributed by atoms with Crippen molar-refractivity contribution < 1.29 is 17.7 Å². The monoisotopic (exact) mass is 432 g/mol. The van der Waals surface area contributed by atoms with Crippen LogP contribution in [0.1, 0.15) is 33.3 Å². The molecule has 1 fully saturated rings. The smallest absolute Gasteiger partial charge is 0.399 e. The van der Waals surface area contributed by atoms with E-state index in [0.717, 1.165) is 5.56 Å². The standard InChI is InChI=1S/C20H22BClN2O4S/c1-13-6-8-14(9-7-13)29(25,26)24-12-16(15-10-23-11-17(22)18(15)24)21-27-19(2,3)20(4,5)28-21/h6-12H,1-5H3. The third-order valence-corrected chi connectivity index (χ3v) is 7.70. The van der Waals surface area contributed by atoms with E-state index >= 15 is 0 Å². The molecule has 0 unspecified atom stereocenters. The van der Waals surface area contributed by atoms with E-state index in [0.29, 0.717) is 16.4 Å². The zero-order chi connectivity index (χ0) is 21.2. The topological polar surface area (TPSA) is 70.4 Å². The lowest BCUT2D eigenvalue weighted by Gasteiger charge is -2.32. The number of hydrogen-bond donors (Lipinski definition) is 0. The van der Waals surface area contributed by atoms with E-state index in [2.05, 4.69) is 4.98 Å². The molecular weight excluding hydrogens is 411 g/mol. The van der Waals surface area contributed by atoms with Gasteiger partial charge in [-0.05, 0) is 46.8 Å². The number of fused-ring (bicyclic) bond motifs is 1. The molecule has 4 rings (SSSR count). The van der Waals surface area contributed by atoms with E-state index in [4.69, 9.17) is 20.9 Å². The number of aryl methyl sites for hydroxylation is 1. The van der Waals surface area contributed by atoms with Crippen molar-refractivity contribution in [1.82, 2.24) is 8.96 Å². The zero-order valence-corrected chi connectivity index (χ0v) is 18.5. The van der Waals surface area contributed by atoms with Crippen LogP contribution in [0.15, 0.2) is 47.8 Å². The lowest BCUT2D eigenvalue weighted by atomic mass is 9.79. The SMILES string of the molecule is Cc1ccc(S(=O)(=O)n2cc(B3OC(C)(C)C(C)(C)O3)c3cncc(Cl)c32)cc1. The molecule has 6 nitrogen and oxygen atoms in total. The second kappa shape index (κ2) is 6.57. The maximum Gasteiger partial charge on any atom is 0.497 e. The Kier molecular flexibility index (Phi) is 4.62. The fourth-order valence-electron chi connectivity index (χ4n) is 3.30. The minimum Gasteiger partial charge on any atom is -0.399 e. The Bertz CT molecular complexity index is 1190. The Morgan fingerprint density at radius 3 is 2.21 bits per heavy atom. The highest BCUT2D eigenvalue weighted by Gasteiger charge is 2.52. The molecule has 1 aliphatic rings. The molecule has 1 aromatic carbocycles. The van der Waals surface area contributed by atoms with Crippen molar-refractivity contribution in [2.75, 3.05) is 0 Å². The maximum absolute atomic E-state index is 13.4. The van der Waals surface area contributed by atoms with Crippen LogP contribution in [0.5, 0.6) is 0 Å². The van der Waals surface area contributed by atoms with Gasteiger partial charge in [0.25, 0.3) is 10.0 Å². The second-order valence-electron chi connectivity index (χ2n) is 8.30. The minimum absolute atomic E-state index is 0.174. The summed E-state index contributed by atoms with van der Waals surface area (Å²) in [5.41, 5.74) is 0.778. The molecule has 152 valence electrons. The number of aromatic nitrogens is 2. The third-order valence-electron chi connectivity index (χ3n) is 5.75. The van der Waals surface area contributed by atoms with E-state index in [9.17, 15) is 8.42 Å². The fraction of sp³-hybridized carbons (Fsp3) is 0.350. The maximum atomic E-state index is 13.4. The van der Waals surface area contributed by atoms with Gasteiger partial charge in [-0.1, -0.05) is 29.3 Å². The number of benzene rings is 1. The van der Waals surface area contributed by atoms with Crippen LogP contribution in [0.3, 0.4) is 0 Å². The fourth-order valence-corrected chi connectivity index (χ4v) is 4.99. The number of halogens is 1. The summed E-state index contributed by atoms with van der Waals surface area (Å²) in [6.07, 6.45) is 4.54. The quantitative estimate of drug-likeness (QED) is 0.592. The summed E-state index contributed by atoms with van der Waals surface area (Å²) in [5.74, 6) is 0. The summed E-state index contributed by atoms with van der Waals surface area (Å²) in [5, 5.41) is 0.813. The molecule has 1 saturated heterocycles. The van der Waals surface area contributed by atoms with Crippen LogP contribution in [-0.4, -0.2) is 35.7 Å². The largest absolute Gasteiger partial charge is 0.497 e. The molecule has 0 amide bonds. The van der Waals surface area contributed by atoms with Gasteiger partial charge in [-0.15, -0.1) is 0 Å². The summed E-state index contributed by atoms with van der Waals surface area (Å²) < 4.78 is 40.3. The summed E-state index contributed by atoms with van der Waals surface area (Å²) in [4.78, 5) is 4.32. The van der Waals surface area contributed by atoms with Crippen molar-refractivity contribution in [1.29, 1.82) is 0 Å². The van der Waals surface area contributed by atoms with Crippen molar-refractivity contribution in [2.24, 2.45) is 0 Å². The average molecular weight is 433 g/mol. The van der Waals surface area contributed by atoms with Crippen molar-refractivity contribution in [3.05, 3.63) is 53.4 Å². The van der Waals surface area contributed by atoms with E-state index in [1.807, 2.05) is 34.6 Å². The lowest BCUT2D eigenvalue weighted by molar-refractivity contribution is 0.00578. The molecule has 3 heterocycles. The lowest BCUT2D eigenvalue weighted by Crippen LogP contribution is -2.41. The van der Waals surface area contributed by atoms with Crippen LogP contribution >= 0.6 is 11.6 Å². The normalized spacial score (nSPS) is 18.5. The highest BCUT2D eigenvalue weighted by molar-refractivity contribution is 7.90. The molecule has 0 aliphatic carbocycles. The van der Waals surface area contributed by atoms with Gasteiger partial charge in [0.1, 0.15) is 0 Å². The molecule has 9 heteroatoms. The predicted octanol–water partition coefficient (Wildman–Crippen LogP) is 3.53. The zero-order valence-electron chi connectivity index (χ0n) is 16.9. The summed E-state index contributed by atoms with van der Waals surface area (Å²) in [6.45, 7) is 9.68. The van der Waals surface area contributed by atoms with E-state index in [-0.39, 0.29) is 9.92 Å². The molecular formula is C20H22BClN2O4S. The van der Waals surface area contributed by atoms with E-state index in [1.165, 1.54) is 16.4 Å². The van der Waals surface area contributed by atoms with E-state index < -0.39 is 28.3 Å². The Hall–Kier alpha value is -1.87. The average Bonchev–Trinajstić information content (AvgIpc) is 3.12. The van der Waals surface area contributed by atoms with Crippen molar-refractivity contribution in [3.8, 4) is 0 Å². The van der Waals surface area contributed by atoms with Gasteiger partial charge in [0.15, 0.2) is 0 Å². The molecule has 0 spiro atoms. The highest BCUT2D eigenvalue weighted by atomic mass is 35.5. The molecule has 0 radical (unpaired) electrons. The van der Waals surface area contributed by atoms with Gasteiger partial charge in [0.05, 0.1) is 26.6 Å². The van der Waals surface area contributed by atoms with Crippen molar-refractivity contribution in [3.63, 3.8) is 0 Å². The van der Waals surface area contributed by atoms with Crippen LogP contribution < -0.4 is 5.46 Å². The Morgan fingerprint density at radius 1 is 1.03 bits per heavy atom. The molecule has 3 aromatic rings. The number of hydrogen-bond acceptors (Lipinski definition) is 5. The van der Waals surface area contributed by atoms with Crippen LogP contribution in [0.25, 0.3) is 10.9 Å². The Balaban J connectivity index is 1.93. The minimum atomic E-state index is -3.88. The molecule has 0 atom stereocenters. The number of nitrogens with zero attached hydrogens (tertiary/aromatic N) is 2. The van der Waals surface area contributed by atoms with Crippen molar-refractivity contribution in [2.45, 2.75) is 50.7 Å². The van der Waals surface area contributed by atoms with Crippen LogP contribution in [0, 0.1) is 6.92 Å². The van der Waals surface area contributed by atoms with Crippen LogP contribution in [0.4, 0.5) is 0 Å². The summed E-state index contributed by atoms with van der Waals surface area (Å²) in [7, 11) is -4.62. The van der Waals surface area contributed by atoms with Gasteiger partial charge in [-0.2, -0.15) is 0 Å².